The lowest BCUT2D eigenvalue weighted by Crippen LogP contribution is -2.48. The van der Waals surface area contributed by atoms with Crippen molar-refractivity contribution in [1.29, 1.82) is 0 Å². The van der Waals surface area contributed by atoms with E-state index in [0.29, 0.717) is 73.8 Å². The first-order valence-corrected chi connectivity index (χ1v) is 11.8. The van der Waals surface area contributed by atoms with Crippen molar-refractivity contribution in [2.75, 3.05) is 51.3 Å². The Hall–Kier alpha value is -2.14. The Kier molecular flexibility index (Phi) is 6.04. The van der Waals surface area contributed by atoms with Gasteiger partial charge in [-0.1, -0.05) is 6.07 Å². The van der Waals surface area contributed by atoms with Gasteiger partial charge < -0.3 is 19.7 Å². The third-order valence-corrected chi connectivity index (χ3v) is 8.17. The summed E-state index contributed by atoms with van der Waals surface area (Å²) in [6, 6.07) is 8.72. The van der Waals surface area contributed by atoms with E-state index in [1.165, 1.54) is 15.6 Å². The average Bonchev–Trinajstić information content (AvgIpc) is 3.28. The summed E-state index contributed by atoms with van der Waals surface area (Å²) in [6.45, 7) is 3.71. The van der Waals surface area contributed by atoms with Crippen molar-refractivity contribution in [3.05, 3.63) is 35.7 Å². The number of carbonyl (C=O) groups is 1. The Labute approximate surface area is 174 Å². The maximum Gasteiger partial charge on any atom is 0.252 e. The summed E-state index contributed by atoms with van der Waals surface area (Å²) in [5.74, 6) is 1.23. The summed E-state index contributed by atoms with van der Waals surface area (Å²) in [5.41, 5.74) is 0.672. The highest BCUT2D eigenvalue weighted by atomic mass is 32.2. The number of anilines is 1. The summed E-state index contributed by atoms with van der Waals surface area (Å²) >= 11 is 1.23. The number of fused-ring (bicyclic) bond motifs is 1. The van der Waals surface area contributed by atoms with E-state index < -0.39 is 10.0 Å². The second kappa shape index (κ2) is 8.70. The smallest absolute Gasteiger partial charge is 0.252 e. The molecule has 1 fully saturated rings. The first-order valence-electron chi connectivity index (χ1n) is 9.48. The van der Waals surface area contributed by atoms with Gasteiger partial charge in [0.05, 0.1) is 0 Å². The Morgan fingerprint density at radius 1 is 1.07 bits per heavy atom. The number of nitrogens with zero attached hydrogens (tertiary/aromatic N) is 2. The molecule has 0 unspecified atom stereocenters. The molecule has 29 heavy (non-hydrogen) atoms. The molecule has 8 nitrogen and oxygen atoms in total. The van der Waals surface area contributed by atoms with Crippen LogP contribution in [0.25, 0.3) is 0 Å². The molecule has 10 heteroatoms. The number of benzene rings is 1. The van der Waals surface area contributed by atoms with Crippen molar-refractivity contribution in [3.8, 4) is 11.5 Å². The van der Waals surface area contributed by atoms with Gasteiger partial charge in [-0.05, 0) is 23.6 Å². The topological polar surface area (TPSA) is 88.2 Å². The van der Waals surface area contributed by atoms with E-state index in [4.69, 9.17) is 9.47 Å². The fourth-order valence-corrected chi connectivity index (χ4v) is 5.90. The molecule has 156 valence electrons. The lowest BCUT2D eigenvalue weighted by atomic mass is 10.2. The minimum Gasteiger partial charge on any atom is -0.486 e. The number of hydrogen-bond acceptors (Lipinski definition) is 7. The van der Waals surface area contributed by atoms with E-state index >= 15 is 0 Å². The Morgan fingerprint density at radius 2 is 1.83 bits per heavy atom. The van der Waals surface area contributed by atoms with Crippen LogP contribution >= 0.6 is 11.3 Å². The third-order valence-electron chi connectivity index (χ3n) is 4.90. The Morgan fingerprint density at radius 3 is 2.55 bits per heavy atom. The van der Waals surface area contributed by atoms with Gasteiger partial charge in [0.25, 0.3) is 10.0 Å². The van der Waals surface area contributed by atoms with E-state index in [-0.39, 0.29) is 5.91 Å². The van der Waals surface area contributed by atoms with E-state index in [2.05, 4.69) is 10.2 Å². The predicted octanol–water partition coefficient (Wildman–Crippen LogP) is 1.85. The molecule has 1 N–H and O–H groups in total. The second-order valence-corrected chi connectivity index (χ2v) is 9.95. The molecule has 0 saturated carbocycles. The predicted molar refractivity (Wildman–Crippen MR) is 110 cm³/mol. The van der Waals surface area contributed by atoms with Crippen molar-refractivity contribution in [2.24, 2.45) is 0 Å². The molecular weight excluding hydrogens is 414 g/mol. The molecule has 1 saturated heterocycles. The first-order chi connectivity index (χ1) is 14.0. The number of carbonyl (C=O) groups excluding carboxylic acids is 1. The quantitative estimate of drug-likeness (QED) is 0.742. The number of amides is 1. The largest absolute Gasteiger partial charge is 0.486 e. The van der Waals surface area contributed by atoms with Crippen LogP contribution in [-0.4, -0.2) is 69.5 Å². The molecule has 0 bridgehead atoms. The normalized spacial score (nSPS) is 17.8. The van der Waals surface area contributed by atoms with Gasteiger partial charge in [0.2, 0.25) is 5.91 Å². The summed E-state index contributed by atoms with van der Waals surface area (Å²) in [5, 5.41) is 4.64. The van der Waals surface area contributed by atoms with Gasteiger partial charge in [-0.25, -0.2) is 8.42 Å². The van der Waals surface area contributed by atoms with Crippen molar-refractivity contribution < 1.29 is 22.7 Å². The first kappa shape index (κ1) is 20.1. The van der Waals surface area contributed by atoms with E-state index in [1.807, 2.05) is 0 Å². The molecule has 0 radical (unpaired) electrons. The maximum atomic E-state index is 12.6. The van der Waals surface area contributed by atoms with Gasteiger partial charge in [0, 0.05) is 50.9 Å². The van der Waals surface area contributed by atoms with Gasteiger partial charge in [0.1, 0.15) is 17.4 Å². The Bertz CT molecular complexity index is 954. The lowest BCUT2D eigenvalue weighted by molar-refractivity contribution is -0.116. The van der Waals surface area contributed by atoms with Crippen LogP contribution in [0, 0.1) is 0 Å². The van der Waals surface area contributed by atoms with Gasteiger partial charge in [-0.3, -0.25) is 4.79 Å². The van der Waals surface area contributed by atoms with Crippen LogP contribution < -0.4 is 14.8 Å². The molecule has 2 aliphatic rings. The molecule has 2 aromatic rings. The van der Waals surface area contributed by atoms with Crippen molar-refractivity contribution in [3.63, 3.8) is 0 Å². The van der Waals surface area contributed by atoms with Crippen molar-refractivity contribution >= 4 is 33.0 Å². The molecular formula is C19H23N3O5S2. The number of sulfonamides is 1. The molecule has 0 aliphatic carbocycles. The molecule has 1 aromatic heterocycles. The fourth-order valence-electron chi connectivity index (χ4n) is 3.34. The highest BCUT2D eigenvalue weighted by molar-refractivity contribution is 7.91. The van der Waals surface area contributed by atoms with E-state index in [0.717, 1.165) is 0 Å². The standard InChI is InChI=1S/C19H23N3O5S2/c23-18(20-15-3-4-16-17(14-15)27-12-11-26-16)5-6-21-7-9-22(10-8-21)29(24,25)19-2-1-13-28-19/h1-4,13-14H,5-12H2,(H,20,23). The molecule has 0 atom stereocenters. The van der Waals surface area contributed by atoms with E-state index in [9.17, 15) is 13.2 Å². The number of piperazine rings is 1. The van der Waals surface area contributed by atoms with Crippen LogP contribution in [0.2, 0.25) is 0 Å². The lowest BCUT2D eigenvalue weighted by Gasteiger charge is -2.33. The SMILES string of the molecule is O=C(CCN1CCN(S(=O)(=O)c2cccs2)CC1)Nc1ccc2c(c1)OCCO2. The van der Waals surface area contributed by atoms with Crippen LogP contribution in [-0.2, 0) is 14.8 Å². The zero-order valence-corrected chi connectivity index (χ0v) is 17.5. The van der Waals surface area contributed by atoms with Crippen LogP contribution in [0.15, 0.2) is 39.9 Å². The molecule has 1 aromatic carbocycles. The van der Waals surface area contributed by atoms with Gasteiger partial charge >= 0.3 is 0 Å². The molecule has 2 aliphatic heterocycles. The van der Waals surface area contributed by atoms with Crippen LogP contribution in [0.3, 0.4) is 0 Å². The second-order valence-electron chi connectivity index (χ2n) is 6.83. The number of ether oxygens (including phenoxy) is 2. The van der Waals surface area contributed by atoms with Gasteiger partial charge in [-0.2, -0.15) is 4.31 Å². The maximum absolute atomic E-state index is 12.6. The minimum atomic E-state index is -3.40. The Balaban J connectivity index is 1.24. The summed E-state index contributed by atoms with van der Waals surface area (Å²) < 4.78 is 38.0. The third kappa shape index (κ3) is 4.72. The number of hydrogen-bond donors (Lipinski definition) is 1. The van der Waals surface area contributed by atoms with E-state index in [1.54, 1.807) is 35.7 Å². The number of thiophene rings is 1. The van der Waals surface area contributed by atoms with Crippen LogP contribution in [0.1, 0.15) is 6.42 Å². The molecule has 0 spiro atoms. The highest BCUT2D eigenvalue weighted by Gasteiger charge is 2.29. The summed E-state index contributed by atoms with van der Waals surface area (Å²) in [6.07, 6.45) is 0.339. The highest BCUT2D eigenvalue weighted by Crippen LogP contribution is 2.32. The number of rotatable bonds is 6. The molecule has 4 rings (SSSR count). The fraction of sp³-hybridized carbons (Fsp3) is 0.421. The monoisotopic (exact) mass is 437 g/mol. The van der Waals surface area contributed by atoms with Crippen LogP contribution in [0.5, 0.6) is 11.5 Å². The molecule has 3 heterocycles. The zero-order valence-electron chi connectivity index (χ0n) is 15.9. The zero-order chi connectivity index (χ0) is 20.3. The van der Waals surface area contributed by atoms with Gasteiger partial charge in [-0.15, -0.1) is 11.3 Å². The van der Waals surface area contributed by atoms with Crippen molar-refractivity contribution in [1.82, 2.24) is 9.21 Å². The average molecular weight is 438 g/mol. The van der Waals surface area contributed by atoms with Gasteiger partial charge in [0.15, 0.2) is 11.5 Å². The summed E-state index contributed by atoms with van der Waals surface area (Å²) in [4.78, 5) is 14.4. The summed E-state index contributed by atoms with van der Waals surface area (Å²) in [7, 11) is -3.40. The molecule has 1 amide bonds. The number of nitrogens with one attached hydrogen (secondary N) is 1. The van der Waals surface area contributed by atoms with Crippen LogP contribution in [0.4, 0.5) is 5.69 Å². The minimum absolute atomic E-state index is 0.0877. The van der Waals surface area contributed by atoms with Crippen molar-refractivity contribution in [2.45, 2.75) is 10.6 Å².